The molecule has 1 aromatic heterocycles. The highest BCUT2D eigenvalue weighted by molar-refractivity contribution is 6.30. The number of H-pyrrole nitrogens is 1. The van der Waals surface area contributed by atoms with Gasteiger partial charge in [0.15, 0.2) is 0 Å². The smallest absolute Gasteiger partial charge is 0.271 e. The lowest BCUT2D eigenvalue weighted by atomic mass is 10.2. The van der Waals surface area contributed by atoms with Gasteiger partial charge in [0.1, 0.15) is 5.02 Å². The Morgan fingerprint density at radius 3 is 3.00 bits per heavy atom. The van der Waals surface area contributed by atoms with E-state index in [1.165, 1.54) is 6.20 Å². The lowest BCUT2D eigenvalue weighted by Crippen LogP contribution is -2.29. The molecule has 0 amide bonds. The summed E-state index contributed by atoms with van der Waals surface area (Å²) in [6.45, 7) is 2.49. The Bertz CT molecular complexity index is 347. The van der Waals surface area contributed by atoms with E-state index in [9.17, 15) is 4.79 Å². The number of aromatic amines is 1. The maximum Gasteiger partial charge on any atom is 0.271 e. The Hall–Kier alpha value is -1.07. The Morgan fingerprint density at radius 1 is 1.79 bits per heavy atom. The van der Waals surface area contributed by atoms with Crippen LogP contribution in [-0.2, 0) is 0 Å². The summed E-state index contributed by atoms with van der Waals surface area (Å²) in [4.78, 5) is 17.5. The van der Waals surface area contributed by atoms with E-state index in [0.29, 0.717) is 12.5 Å². The van der Waals surface area contributed by atoms with Crippen molar-refractivity contribution >= 4 is 17.5 Å². The fourth-order valence-corrected chi connectivity index (χ4v) is 1.07. The molecule has 1 atom stereocenters. The summed E-state index contributed by atoms with van der Waals surface area (Å²) in [5.41, 5.74) is 5.14. The molecule has 0 saturated heterocycles. The average molecular weight is 217 g/mol. The minimum absolute atomic E-state index is 0.0800. The number of halogens is 1. The zero-order valence-electron chi connectivity index (χ0n) is 7.88. The zero-order chi connectivity index (χ0) is 10.6. The summed E-state index contributed by atoms with van der Waals surface area (Å²) in [7, 11) is 0. The molecule has 0 saturated carbocycles. The molecular formula is C8H13ClN4O. The highest BCUT2D eigenvalue weighted by atomic mass is 35.5. The zero-order valence-corrected chi connectivity index (χ0v) is 8.64. The van der Waals surface area contributed by atoms with Crippen LogP contribution in [0.4, 0.5) is 5.95 Å². The van der Waals surface area contributed by atoms with Crippen molar-refractivity contribution in [3.05, 3.63) is 21.6 Å². The maximum atomic E-state index is 11.1. The normalized spacial score (nSPS) is 12.5. The van der Waals surface area contributed by atoms with Gasteiger partial charge in [0.25, 0.3) is 5.56 Å². The third-order valence-corrected chi connectivity index (χ3v) is 2.14. The number of nitrogens with two attached hydrogens (primary N) is 1. The van der Waals surface area contributed by atoms with Gasteiger partial charge >= 0.3 is 0 Å². The monoisotopic (exact) mass is 216 g/mol. The number of anilines is 1. The molecule has 4 N–H and O–H groups in total. The SMILES string of the molecule is CCC(CN)Nc1ncc(Cl)c(=O)[nH]1. The van der Waals surface area contributed by atoms with Gasteiger partial charge in [0.2, 0.25) is 5.95 Å². The number of aromatic nitrogens is 2. The van der Waals surface area contributed by atoms with Crippen molar-refractivity contribution in [2.75, 3.05) is 11.9 Å². The first-order valence-corrected chi connectivity index (χ1v) is 4.76. The van der Waals surface area contributed by atoms with E-state index in [-0.39, 0.29) is 16.6 Å². The Balaban J connectivity index is 2.77. The topological polar surface area (TPSA) is 83.8 Å². The van der Waals surface area contributed by atoms with E-state index in [1.807, 2.05) is 6.92 Å². The predicted molar refractivity (Wildman–Crippen MR) is 56.6 cm³/mol. The molecule has 0 aliphatic rings. The van der Waals surface area contributed by atoms with Crippen LogP contribution >= 0.6 is 11.6 Å². The summed E-state index contributed by atoms with van der Waals surface area (Å²) in [6.07, 6.45) is 2.18. The molecule has 0 spiro atoms. The van der Waals surface area contributed by atoms with E-state index in [4.69, 9.17) is 17.3 Å². The number of hydrogen-bond donors (Lipinski definition) is 3. The van der Waals surface area contributed by atoms with Gasteiger partial charge in [0, 0.05) is 12.6 Å². The van der Waals surface area contributed by atoms with Crippen LogP contribution in [0.3, 0.4) is 0 Å². The molecule has 0 aliphatic carbocycles. The molecule has 0 aromatic carbocycles. The molecular weight excluding hydrogens is 204 g/mol. The van der Waals surface area contributed by atoms with Crippen LogP contribution in [-0.4, -0.2) is 22.6 Å². The molecule has 14 heavy (non-hydrogen) atoms. The van der Waals surface area contributed by atoms with Gasteiger partial charge < -0.3 is 11.1 Å². The molecule has 78 valence electrons. The van der Waals surface area contributed by atoms with Crippen LogP contribution in [0.25, 0.3) is 0 Å². The molecule has 1 rings (SSSR count). The second-order valence-corrected chi connectivity index (χ2v) is 3.30. The second-order valence-electron chi connectivity index (χ2n) is 2.89. The summed E-state index contributed by atoms with van der Waals surface area (Å²) in [5.74, 6) is 0.400. The maximum absolute atomic E-state index is 11.1. The third-order valence-electron chi connectivity index (χ3n) is 1.87. The molecule has 0 fully saturated rings. The number of nitrogens with zero attached hydrogens (tertiary/aromatic N) is 1. The Morgan fingerprint density at radius 2 is 2.50 bits per heavy atom. The molecule has 0 bridgehead atoms. The van der Waals surface area contributed by atoms with E-state index in [1.54, 1.807) is 0 Å². The minimum Gasteiger partial charge on any atom is -0.352 e. The predicted octanol–water partition coefficient (Wildman–Crippen LogP) is 0.572. The fraction of sp³-hybridized carbons (Fsp3) is 0.500. The van der Waals surface area contributed by atoms with Gasteiger partial charge in [-0.15, -0.1) is 0 Å². The van der Waals surface area contributed by atoms with E-state index < -0.39 is 0 Å². The number of nitrogens with one attached hydrogen (secondary N) is 2. The summed E-state index contributed by atoms with van der Waals surface area (Å²) >= 11 is 5.53. The fourth-order valence-electron chi connectivity index (χ4n) is 0.974. The highest BCUT2D eigenvalue weighted by Gasteiger charge is 2.05. The van der Waals surface area contributed by atoms with Gasteiger partial charge in [0.05, 0.1) is 6.20 Å². The standard InChI is InChI=1S/C8H13ClN4O/c1-2-5(3-10)12-8-11-4-6(9)7(14)13-8/h4-5H,2-3,10H2,1H3,(H2,11,12,13,14). The second kappa shape index (κ2) is 4.97. The van der Waals surface area contributed by atoms with Gasteiger partial charge in [-0.05, 0) is 6.42 Å². The third kappa shape index (κ3) is 2.71. The minimum atomic E-state index is -0.351. The first-order valence-electron chi connectivity index (χ1n) is 4.38. The van der Waals surface area contributed by atoms with E-state index in [2.05, 4.69) is 15.3 Å². The summed E-state index contributed by atoms with van der Waals surface area (Å²) < 4.78 is 0. The van der Waals surface area contributed by atoms with E-state index >= 15 is 0 Å². The van der Waals surface area contributed by atoms with Crippen LogP contribution in [0, 0.1) is 0 Å². The number of rotatable bonds is 4. The lowest BCUT2D eigenvalue weighted by Gasteiger charge is -2.14. The molecule has 1 unspecified atom stereocenters. The lowest BCUT2D eigenvalue weighted by molar-refractivity contribution is 0.695. The van der Waals surface area contributed by atoms with Crippen molar-refractivity contribution in [2.45, 2.75) is 19.4 Å². The highest BCUT2D eigenvalue weighted by Crippen LogP contribution is 2.02. The Kier molecular flexibility index (Phi) is 3.91. The van der Waals surface area contributed by atoms with Crippen molar-refractivity contribution in [2.24, 2.45) is 5.73 Å². The van der Waals surface area contributed by atoms with Crippen LogP contribution in [0.15, 0.2) is 11.0 Å². The van der Waals surface area contributed by atoms with Crippen molar-refractivity contribution < 1.29 is 0 Å². The van der Waals surface area contributed by atoms with Crippen molar-refractivity contribution in [3.8, 4) is 0 Å². The molecule has 5 nitrogen and oxygen atoms in total. The van der Waals surface area contributed by atoms with Crippen LogP contribution in [0.1, 0.15) is 13.3 Å². The van der Waals surface area contributed by atoms with Crippen molar-refractivity contribution in [3.63, 3.8) is 0 Å². The van der Waals surface area contributed by atoms with Gasteiger partial charge in [-0.1, -0.05) is 18.5 Å². The molecule has 6 heteroatoms. The van der Waals surface area contributed by atoms with Gasteiger partial charge in [-0.2, -0.15) is 0 Å². The van der Waals surface area contributed by atoms with E-state index in [0.717, 1.165) is 6.42 Å². The van der Waals surface area contributed by atoms with Crippen LogP contribution in [0.2, 0.25) is 5.02 Å². The summed E-state index contributed by atoms with van der Waals surface area (Å²) in [6, 6.07) is 0.110. The number of hydrogen-bond acceptors (Lipinski definition) is 4. The average Bonchev–Trinajstić information content (AvgIpc) is 2.19. The first kappa shape index (κ1) is 11.0. The van der Waals surface area contributed by atoms with Crippen molar-refractivity contribution in [1.29, 1.82) is 0 Å². The summed E-state index contributed by atoms with van der Waals surface area (Å²) in [5, 5.41) is 3.08. The largest absolute Gasteiger partial charge is 0.352 e. The molecule has 1 heterocycles. The molecule has 0 radical (unpaired) electrons. The van der Waals surface area contributed by atoms with Gasteiger partial charge in [-0.3, -0.25) is 9.78 Å². The molecule has 1 aromatic rings. The van der Waals surface area contributed by atoms with Crippen molar-refractivity contribution in [1.82, 2.24) is 9.97 Å². The Labute approximate surface area is 86.7 Å². The quantitative estimate of drug-likeness (QED) is 0.687. The van der Waals surface area contributed by atoms with Crippen LogP contribution in [0.5, 0.6) is 0 Å². The van der Waals surface area contributed by atoms with Crippen LogP contribution < -0.4 is 16.6 Å². The van der Waals surface area contributed by atoms with Gasteiger partial charge in [-0.25, -0.2) is 4.98 Å². The first-order chi connectivity index (χ1) is 6.67. The molecule has 0 aliphatic heterocycles.